The molecule has 0 aromatic rings. The van der Waals surface area contributed by atoms with Gasteiger partial charge in [0.25, 0.3) is 0 Å². The van der Waals surface area contributed by atoms with Crippen LogP contribution in [0.2, 0.25) is 0 Å². The molecule has 1 aliphatic carbocycles. The predicted octanol–water partition coefficient (Wildman–Crippen LogP) is 3.10. The van der Waals surface area contributed by atoms with Crippen LogP contribution in [-0.2, 0) is 4.79 Å². The van der Waals surface area contributed by atoms with E-state index in [4.69, 9.17) is 0 Å². The minimum atomic E-state index is 0.287. The van der Waals surface area contributed by atoms with E-state index in [2.05, 4.69) is 13.5 Å². The Bertz CT molecular complexity index is 181. The van der Waals surface area contributed by atoms with Crippen LogP contribution in [0, 0.1) is 5.92 Å². The molecule has 0 saturated heterocycles. The minimum Gasteiger partial charge on any atom is -0.295 e. The monoisotopic (exact) mass is 166 g/mol. The van der Waals surface area contributed by atoms with Gasteiger partial charge in [-0.15, -0.1) is 0 Å². The van der Waals surface area contributed by atoms with Crippen molar-refractivity contribution in [3.8, 4) is 0 Å². The third-order valence-electron chi connectivity index (χ3n) is 2.69. The smallest absolute Gasteiger partial charge is 0.159 e. The van der Waals surface area contributed by atoms with Crippen LogP contribution >= 0.6 is 0 Å². The Labute approximate surface area is 74.9 Å². The Kier molecular flexibility index (Phi) is 3.51. The van der Waals surface area contributed by atoms with Crippen LogP contribution in [0.15, 0.2) is 12.2 Å². The first-order valence-corrected chi connectivity index (χ1v) is 4.97. The molecule has 1 aliphatic rings. The van der Waals surface area contributed by atoms with Crippen molar-refractivity contribution in [1.82, 2.24) is 0 Å². The van der Waals surface area contributed by atoms with Gasteiger partial charge in [-0.2, -0.15) is 0 Å². The lowest BCUT2D eigenvalue weighted by molar-refractivity contribution is -0.120. The average Bonchev–Trinajstić information content (AvgIpc) is 2.10. The largest absolute Gasteiger partial charge is 0.295 e. The Morgan fingerprint density at radius 2 is 2.17 bits per heavy atom. The fraction of sp³-hybridized carbons (Fsp3) is 0.727. The number of Topliss-reactive ketones (excluding diaryl/α,β-unsaturated/α-hetero) is 1. The normalized spacial score (nSPS) is 22.6. The summed E-state index contributed by atoms with van der Waals surface area (Å²) < 4.78 is 0. The summed E-state index contributed by atoms with van der Waals surface area (Å²) in [6.07, 6.45) is 7.15. The van der Waals surface area contributed by atoms with Crippen molar-refractivity contribution >= 4 is 5.78 Å². The topological polar surface area (TPSA) is 17.1 Å². The predicted molar refractivity (Wildman–Crippen MR) is 51.0 cm³/mol. The van der Waals surface area contributed by atoms with E-state index >= 15 is 0 Å². The highest BCUT2D eigenvalue weighted by Crippen LogP contribution is 2.32. The Morgan fingerprint density at radius 1 is 1.42 bits per heavy atom. The number of hydrogen-bond donors (Lipinski definition) is 0. The fourth-order valence-corrected chi connectivity index (χ4v) is 1.67. The van der Waals surface area contributed by atoms with Gasteiger partial charge in [0.15, 0.2) is 5.78 Å². The van der Waals surface area contributed by atoms with E-state index in [0.29, 0.717) is 5.92 Å². The Balaban J connectivity index is 2.02. The maximum Gasteiger partial charge on any atom is 0.159 e. The lowest BCUT2D eigenvalue weighted by Crippen LogP contribution is -2.26. The van der Waals surface area contributed by atoms with Gasteiger partial charge in [-0.25, -0.2) is 0 Å². The molecule has 0 radical (unpaired) electrons. The van der Waals surface area contributed by atoms with Crippen molar-refractivity contribution in [3.05, 3.63) is 12.2 Å². The Morgan fingerprint density at radius 3 is 2.67 bits per heavy atom. The lowest BCUT2D eigenvalue weighted by atomic mass is 9.76. The van der Waals surface area contributed by atoms with Crippen molar-refractivity contribution in [2.75, 3.05) is 0 Å². The molecule has 1 atom stereocenters. The summed E-state index contributed by atoms with van der Waals surface area (Å²) in [7, 11) is 0. The molecule has 1 fully saturated rings. The van der Waals surface area contributed by atoms with Gasteiger partial charge < -0.3 is 0 Å². The maximum atomic E-state index is 10.8. The van der Waals surface area contributed by atoms with Crippen molar-refractivity contribution in [2.24, 2.45) is 5.92 Å². The van der Waals surface area contributed by atoms with Gasteiger partial charge in [0.2, 0.25) is 0 Å². The number of rotatable bonds is 5. The number of carbonyl (C=O) groups excluding carboxylic acids is 1. The number of allylic oxidation sites excluding steroid dienone is 1. The van der Waals surface area contributed by atoms with Gasteiger partial charge >= 0.3 is 0 Å². The third-order valence-corrected chi connectivity index (χ3v) is 2.69. The lowest BCUT2D eigenvalue weighted by Gasteiger charge is -2.26. The highest BCUT2D eigenvalue weighted by molar-refractivity contribution is 6.01. The van der Waals surface area contributed by atoms with Crippen LogP contribution < -0.4 is 0 Å². The second-order valence-corrected chi connectivity index (χ2v) is 3.70. The van der Waals surface area contributed by atoms with E-state index in [-0.39, 0.29) is 5.78 Å². The second-order valence-electron chi connectivity index (χ2n) is 3.70. The third kappa shape index (κ3) is 2.20. The van der Waals surface area contributed by atoms with E-state index in [9.17, 15) is 4.79 Å². The van der Waals surface area contributed by atoms with Crippen molar-refractivity contribution in [2.45, 2.75) is 45.4 Å². The molecule has 0 amide bonds. The molecule has 12 heavy (non-hydrogen) atoms. The Hall–Kier alpha value is -0.590. The molecule has 0 aromatic heterocycles. The van der Waals surface area contributed by atoms with E-state index in [1.165, 1.54) is 32.1 Å². The van der Waals surface area contributed by atoms with E-state index in [1.54, 1.807) is 0 Å². The van der Waals surface area contributed by atoms with Gasteiger partial charge in [-0.05, 0) is 17.9 Å². The fourth-order valence-electron chi connectivity index (χ4n) is 1.67. The van der Waals surface area contributed by atoms with Gasteiger partial charge in [0, 0.05) is 6.42 Å². The number of carbonyl (C=O) groups is 1. The molecule has 0 aromatic carbocycles. The van der Waals surface area contributed by atoms with Gasteiger partial charge in [0.05, 0.1) is 0 Å². The van der Waals surface area contributed by atoms with E-state index in [0.717, 1.165) is 12.0 Å². The molecule has 0 bridgehead atoms. The summed E-state index contributed by atoms with van der Waals surface area (Å²) in [4.78, 5) is 10.8. The molecular weight excluding hydrogens is 148 g/mol. The average molecular weight is 166 g/mol. The van der Waals surface area contributed by atoms with E-state index < -0.39 is 0 Å². The zero-order valence-electron chi connectivity index (χ0n) is 7.94. The van der Waals surface area contributed by atoms with Crippen molar-refractivity contribution in [3.63, 3.8) is 0 Å². The molecule has 1 heteroatoms. The first-order valence-electron chi connectivity index (χ1n) is 4.97. The standard InChI is InChI=1S/C11H18O/c1-3-4-5-6-7-10-8-11(12)9(10)2/h10H,2-8H2,1H3. The maximum absolute atomic E-state index is 10.8. The highest BCUT2D eigenvalue weighted by atomic mass is 16.1. The van der Waals surface area contributed by atoms with Gasteiger partial charge in [-0.1, -0.05) is 39.2 Å². The van der Waals surface area contributed by atoms with Crippen LogP contribution in [-0.4, -0.2) is 5.78 Å². The number of unbranched alkanes of at least 4 members (excludes halogenated alkanes) is 3. The molecule has 1 unspecified atom stereocenters. The van der Waals surface area contributed by atoms with Crippen molar-refractivity contribution in [1.29, 1.82) is 0 Å². The number of ketones is 1. The molecular formula is C11H18O. The van der Waals surface area contributed by atoms with Gasteiger partial charge in [-0.3, -0.25) is 4.79 Å². The van der Waals surface area contributed by atoms with Crippen LogP contribution in [0.5, 0.6) is 0 Å². The molecule has 0 N–H and O–H groups in total. The second kappa shape index (κ2) is 4.44. The minimum absolute atomic E-state index is 0.287. The molecule has 1 nitrogen and oxygen atoms in total. The molecule has 68 valence electrons. The number of hydrogen-bond acceptors (Lipinski definition) is 1. The first kappa shape index (κ1) is 9.50. The molecule has 0 aliphatic heterocycles. The first-order chi connectivity index (χ1) is 5.75. The molecule has 0 heterocycles. The molecule has 0 spiro atoms. The SMILES string of the molecule is C=C1C(=O)CC1CCCCCC. The summed E-state index contributed by atoms with van der Waals surface area (Å²) in [5.74, 6) is 0.824. The van der Waals surface area contributed by atoms with Crippen LogP contribution in [0.25, 0.3) is 0 Å². The quantitative estimate of drug-likeness (QED) is 0.453. The zero-order valence-corrected chi connectivity index (χ0v) is 7.94. The van der Waals surface area contributed by atoms with Gasteiger partial charge in [0.1, 0.15) is 0 Å². The molecule has 1 rings (SSSR count). The van der Waals surface area contributed by atoms with Crippen LogP contribution in [0.4, 0.5) is 0 Å². The van der Waals surface area contributed by atoms with E-state index in [1.807, 2.05) is 0 Å². The summed E-state index contributed by atoms with van der Waals surface area (Å²) >= 11 is 0. The van der Waals surface area contributed by atoms with Crippen molar-refractivity contribution < 1.29 is 4.79 Å². The van der Waals surface area contributed by atoms with Crippen LogP contribution in [0.3, 0.4) is 0 Å². The summed E-state index contributed by atoms with van der Waals surface area (Å²) in [5, 5.41) is 0. The molecule has 1 saturated carbocycles. The zero-order chi connectivity index (χ0) is 8.97. The summed E-state index contributed by atoms with van der Waals surface area (Å²) in [6, 6.07) is 0. The summed E-state index contributed by atoms with van der Waals surface area (Å²) in [6.45, 7) is 5.99. The highest BCUT2D eigenvalue weighted by Gasteiger charge is 2.30. The summed E-state index contributed by atoms with van der Waals surface area (Å²) in [5.41, 5.74) is 0.881. The van der Waals surface area contributed by atoms with Crippen LogP contribution in [0.1, 0.15) is 45.4 Å².